The van der Waals surface area contributed by atoms with Gasteiger partial charge < -0.3 is 5.32 Å². The van der Waals surface area contributed by atoms with Gasteiger partial charge in [-0.25, -0.2) is 4.68 Å². The van der Waals surface area contributed by atoms with Gasteiger partial charge in [-0.05, 0) is 49.7 Å². The van der Waals surface area contributed by atoms with Gasteiger partial charge in [0.2, 0.25) is 0 Å². The fourth-order valence-electron chi connectivity index (χ4n) is 2.87. The van der Waals surface area contributed by atoms with Gasteiger partial charge in [-0.2, -0.15) is 10.4 Å². The molecule has 0 fully saturated rings. The van der Waals surface area contributed by atoms with E-state index in [1.165, 1.54) is 0 Å². The number of nitriles is 1. The Morgan fingerprint density at radius 3 is 2.50 bits per heavy atom. The minimum atomic E-state index is -0.243. The molecule has 8 heteroatoms. The van der Waals surface area contributed by atoms with Crippen LogP contribution in [0.25, 0.3) is 5.69 Å². The third-order valence-electron chi connectivity index (χ3n) is 4.27. The summed E-state index contributed by atoms with van der Waals surface area (Å²) in [5.74, 6) is -0.243. The van der Waals surface area contributed by atoms with Crippen LogP contribution in [0.3, 0.4) is 0 Å². The largest absolute Gasteiger partial charge is 0.348 e. The SMILES string of the molecule is Cc1nn(-c2ccc(C#N)c(Cl)c2)c(C)c1C(=O)NCc1ccc(Cl)c(Cl)c1. The van der Waals surface area contributed by atoms with E-state index in [-0.39, 0.29) is 5.91 Å². The lowest BCUT2D eigenvalue weighted by atomic mass is 10.1. The molecule has 142 valence electrons. The fraction of sp³-hybridized carbons (Fsp3) is 0.150. The number of hydrogen-bond donors (Lipinski definition) is 1. The molecule has 0 unspecified atom stereocenters. The number of halogens is 3. The molecule has 0 bridgehead atoms. The van der Waals surface area contributed by atoms with Gasteiger partial charge >= 0.3 is 0 Å². The summed E-state index contributed by atoms with van der Waals surface area (Å²) < 4.78 is 1.64. The van der Waals surface area contributed by atoms with E-state index in [1.54, 1.807) is 54.9 Å². The van der Waals surface area contributed by atoms with Crippen molar-refractivity contribution in [3.63, 3.8) is 0 Å². The molecule has 0 saturated heterocycles. The predicted octanol–water partition coefficient (Wildman–Crippen LogP) is 5.25. The van der Waals surface area contributed by atoms with Crippen molar-refractivity contribution < 1.29 is 4.79 Å². The number of amides is 1. The maximum Gasteiger partial charge on any atom is 0.255 e. The highest BCUT2D eigenvalue weighted by molar-refractivity contribution is 6.42. The number of carbonyl (C=O) groups excluding carboxylic acids is 1. The number of aryl methyl sites for hydroxylation is 1. The lowest BCUT2D eigenvalue weighted by Crippen LogP contribution is -2.24. The Labute approximate surface area is 177 Å². The van der Waals surface area contributed by atoms with Crippen LogP contribution in [0.5, 0.6) is 0 Å². The maximum absolute atomic E-state index is 12.7. The molecule has 1 heterocycles. The fourth-order valence-corrected chi connectivity index (χ4v) is 3.41. The van der Waals surface area contributed by atoms with Crippen LogP contribution in [0.1, 0.15) is 32.9 Å². The zero-order valence-electron chi connectivity index (χ0n) is 15.1. The first-order chi connectivity index (χ1) is 13.3. The molecule has 5 nitrogen and oxygen atoms in total. The second-order valence-corrected chi connectivity index (χ2v) is 7.39. The van der Waals surface area contributed by atoms with Crippen LogP contribution in [-0.4, -0.2) is 15.7 Å². The first-order valence-corrected chi connectivity index (χ1v) is 9.43. The monoisotopic (exact) mass is 432 g/mol. The molecule has 0 aliphatic rings. The van der Waals surface area contributed by atoms with Crippen molar-refractivity contribution in [2.75, 3.05) is 0 Å². The highest BCUT2D eigenvalue weighted by Gasteiger charge is 2.19. The van der Waals surface area contributed by atoms with E-state index in [0.717, 1.165) is 5.56 Å². The van der Waals surface area contributed by atoms with E-state index in [4.69, 9.17) is 40.1 Å². The molecular formula is C20H15Cl3N4O. The van der Waals surface area contributed by atoms with Gasteiger partial charge in [0, 0.05) is 6.54 Å². The molecule has 0 aliphatic carbocycles. The number of carbonyl (C=O) groups is 1. The number of aromatic nitrogens is 2. The van der Waals surface area contributed by atoms with Crippen molar-refractivity contribution >= 4 is 40.7 Å². The van der Waals surface area contributed by atoms with Gasteiger partial charge in [0.1, 0.15) is 6.07 Å². The Morgan fingerprint density at radius 1 is 1.11 bits per heavy atom. The Bertz CT molecular complexity index is 1120. The number of nitrogens with zero attached hydrogens (tertiary/aromatic N) is 3. The van der Waals surface area contributed by atoms with Crippen molar-refractivity contribution in [2.24, 2.45) is 0 Å². The van der Waals surface area contributed by atoms with Gasteiger partial charge in [0.25, 0.3) is 5.91 Å². The summed E-state index contributed by atoms with van der Waals surface area (Å²) >= 11 is 18.0. The van der Waals surface area contributed by atoms with Gasteiger partial charge in [-0.3, -0.25) is 4.79 Å². The second kappa shape index (κ2) is 8.24. The molecule has 0 aliphatic heterocycles. The Kier molecular flexibility index (Phi) is 5.95. The Morgan fingerprint density at radius 2 is 1.86 bits per heavy atom. The lowest BCUT2D eigenvalue weighted by molar-refractivity contribution is 0.0949. The number of benzene rings is 2. The maximum atomic E-state index is 12.7. The molecule has 0 atom stereocenters. The third kappa shape index (κ3) is 4.00. The molecule has 28 heavy (non-hydrogen) atoms. The third-order valence-corrected chi connectivity index (χ3v) is 5.32. The van der Waals surface area contributed by atoms with Gasteiger partial charge in [0.15, 0.2) is 0 Å². The van der Waals surface area contributed by atoms with E-state index in [9.17, 15) is 4.79 Å². The van der Waals surface area contributed by atoms with Gasteiger partial charge in [-0.1, -0.05) is 40.9 Å². The molecule has 3 aromatic rings. The van der Waals surface area contributed by atoms with Gasteiger partial charge in [-0.15, -0.1) is 0 Å². The Balaban J connectivity index is 1.84. The topological polar surface area (TPSA) is 70.7 Å². The summed E-state index contributed by atoms with van der Waals surface area (Å²) in [5, 5.41) is 17.6. The quantitative estimate of drug-likeness (QED) is 0.611. The average molecular weight is 434 g/mol. The lowest BCUT2D eigenvalue weighted by Gasteiger charge is -2.08. The first kappa shape index (κ1) is 20.2. The number of nitrogens with one attached hydrogen (secondary N) is 1. The van der Waals surface area contributed by atoms with Crippen LogP contribution < -0.4 is 5.32 Å². The minimum Gasteiger partial charge on any atom is -0.348 e. The normalized spacial score (nSPS) is 10.6. The van der Waals surface area contributed by atoms with Crippen LogP contribution in [0.4, 0.5) is 0 Å². The minimum absolute atomic E-state index is 0.243. The van der Waals surface area contributed by atoms with E-state index in [1.807, 2.05) is 6.07 Å². The van der Waals surface area contributed by atoms with E-state index in [2.05, 4.69) is 10.4 Å². The molecule has 0 saturated carbocycles. The van der Waals surface area contributed by atoms with Crippen molar-refractivity contribution in [2.45, 2.75) is 20.4 Å². The summed E-state index contributed by atoms with van der Waals surface area (Å²) in [6.45, 7) is 3.88. The van der Waals surface area contributed by atoms with Crippen LogP contribution in [0.2, 0.25) is 15.1 Å². The number of hydrogen-bond acceptors (Lipinski definition) is 3. The van der Waals surface area contributed by atoms with Crippen LogP contribution in [-0.2, 0) is 6.54 Å². The molecule has 3 rings (SSSR count). The summed E-state index contributed by atoms with van der Waals surface area (Å²) in [6, 6.07) is 12.2. The Hall–Kier alpha value is -2.52. The van der Waals surface area contributed by atoms with E-state index in [0.29, 0.717) is 49.8 Å². The molecule has 0 radical (unpaired) electrons. The average Bonchev–Trinajstić information content (AvgIpc) is 2.96. The van der Waals surface area contributed by atoms with E-state index >= 15 is 0 Å². The highest BCUT2D eigenvalue weighted by atomic mass is 35.5. The smallest absolute Gasteiger partial charge is 0.255 e. The zero-order valence-corrected chi connectivity index (χ0v) is 17.3. The van der Waals surface area contributed by atoms with Crippen LogP contribution in [0.15, 0.2) is 36.4 Å². The van der Waals surface area contributed by atoms with Crippen molar-refractivity contribution in [3.05, 3.63) is 79.5 Å². The van der Waals surface area contributed by atoms with Crippen molar-refractivity contribution in [1.29, 1.82) is 5.26 Å². The van der Waals surface area contributed by atoms with Crippen LogP contribution in [0, 0.1) is 25.2 Å². The molecule has 1 N–H and O–H groups in total. The number of rotatable bonds is 4. The summed E-state index contributed by atoms with van der Waals surface area (Å²) in [4.78, 5) is 12.7. The molecule has 0 spiro atoms. The summed E-state index contributed by atoms with van der Waals surface area (Å²) in [6.07, 6.45) is 0. The molecular weight excluding hydrogens is 419 g/mol. The van der Waals surface area contributed by atoms with Crippen LogP contribution >= 0.6 is 34.8 Å². The standard InChI is InChI=1S/C20H15Cl3N4O/c1-11-19(20(28)25-10-13-3-6-16(21)18(23)7-13)12(2)27(26-11)15-5-4-14(9-24)17(22)8-15/h3-8H,10H2,1-2H3,(H,25,28). The first-order valence-electron chi connectivity index (χ1n) is 8.30. The highest BCUT2D eigenvalue weighted by Crippen LogP contribution is 2.24. The zero-order chi connectivity index (χ0) is 20.4. The molecule has 1 amide bonds. The summed E-state index contributed by atoms with van der Waals surface area (Å²) in [5.41, 5.74) is 3.64. The van der Waals surface area contributed by atoms with Crippen molar-refractivity contribution in [1.82, 2.24) is 15.1 Å². The van der Waals surface area contributed by atoms with E-state index < -0.39 is 0 Å². The van der Waals surface area contributed by atoms with Crippen molar-refractivity contribution in [3.8, 4) is 11.8 Å². The summed E-state index contributed by atoms with van der Waals surface area (Å²) in [7, 11) is 0. The molecule has 2 aromatic carbocycles. The second-order valence-electron chi connectivity index (χ2n) is 6.16. The predicted molar refractivity (Wildman–Crippen MR) is 110 cm³/mol. The van der Waals surface area contributed by atoms with Gasteiger partial charge in [0.05, 0.1) is 43.3 Å². The molecule has 1 aromatic heterocycles.